The summed E-state index contributed by atoms with van der Waals surface area (Å²) in [7, 11) is 0. The number of nitrogens with zero attached hydrogens (tertiary/aromatic N) is 2. The van der Waals surface area contributed by atoms with Crippen molar-refractivity contribution in [2.75, 3.05) is 0 Å². The van der Waals surface area contributed by atoms with Crippen LogP contribution < -0.4 is 0 Å². The summed E-state index contributed by atoms with van der Waals surface area (Å²) in [4.78, 5) is 10.1. The molecule has 0 amide bonds. The van der Waals surface area contributed by atoms with Crippen LogP contribution >= 0.6 is 11.3 Å². The molecule has 11 aromatic rings. The minimum absolute atomic E-state index is 0.728. The smallest absolute Gasteiger partial charge is 0.159 e. The van der Waals surface area contributed by atoms with Crippen molar-refractivity contribution in [3.63, 3.8) is 0 Å². The molecule has 11 rings (SSSR count). The molecule has 0 N–H and O–H groups in total. The number of fused-ring (bicyclic) bond motifs is 9. The number of thiophene rings is 1. The van der Waals surface area contributed by atoms with E-state index in [2.05, 4.69) is 188 Å². The van der Waals surface area contributed by atoms with Crippen molar-refractivity contribution in [1.82, 2.24) is 9.97 Å². The highest BCUT2D eigenvalue weighted by Crippen LogP contribution is 2.41. The Morgan fingerprint density at radius 1 is 0.327 bits per heavy atom. The van der Waals surface area contributed by atoms with Crippen molar-refractivity contribution in [3.05, 3.63) is 194 Å². The van der Waals surface area contributed by atoms with E-state index in [0.717, 1.165) is 38.8 Å². The van der Waals surface area contributed by atoms with Crippen molar-refractivity contribution < 1.29 is 0 Å². The third kappa shape index (κ3) is 5.40. The maximum atomic E-state index is 5.19. The standard InChI is InChI=1S/C52H32N2S/c1-2-19-44-42(17-1)43-18-3-4-21-46(43)50-48(44)32-53-52(54-50)40-16-9-14-38(31-40)37-13-7-11-35(29-37)33-25-27-34(28-26-33)36-12-8-15-39(30-36)41-22-10-23-47-45-20-5-6-24-49(45)55-51(41)47/h1-32H. The lowest BCUT2D eigenvalue weighted by molar-refractivity contribution is 1.23. The minimum atomic E-state index is 0.728. The van der Waals surface area contributed by atoms with Gasteiger partial charge in [0, 0.05) is 42.7 Å². The Hall–Kier alpha value is -6.94. The van der Waals surface area contributed by atoms with E-state index in [1.807, 2.05) is 17.5 Å². The Morgan fingerprint density at radius 3 is 1.49 bits per heavy atom. The fraction of sp³-hybridized carbons (Fsp3) is 0. The van der Waals surface area contributed by atoms with Gasteiger partial charge in [0.2, 0.25) is 0 Å². The summed E-state index contributed by atoms with van der Waals surface area (Å²) in [5.41, 5.74) is 11.6. The van der Waals surface area contributed by atoms with Gasteiger partial charge in [0.15, 0.2) is 5.82 Å². The molecule has 2 nitrogen and oxygen atoms in total. The van der Waals surface area contributed by atoms with E-state index in [1.54, 1.807) is 0 Å². The predicted molar refractivity (Wildman–Crippen MR) is 235 cm³/mol. The van der Waals surface area contributed by atoms with E-state index in [9.17, 15) is 0 Å². The van der Waals surface area contributed by atoms with Crippen molar-refractivity contribution in [2.24, 2.45) is 0 Å². The van der Waals surface area contributed by atoms with Crippen LogP contribution in [0.5, 0.6) is 0 Å². The average Bonchev–Trinajstić information content (AvgIpc) is 3.66. The van der Waals surface area contributed by atoms with Crippen molar-refractivity contribution in [2.45, 2.75) is 0 Å². The first-order chi connectivity index (χ1) is 27.2. The van der Waals surface area contributed by atoms with Gasteiger partial charge in [0.05, 0.1) is 5.52 Å². The lowest BCUT2D eigenvalue weighted by Gasteiger charge is -2.11. The first-order valence-electron chi connectivity index (χ1n) is 18.6. The average molecular weight is 717 g/mol. The van der Waals surface area contributed by atoms with Crippen LogP contribution in [-0.4, -0.2) is 9.97 Å². The quantitative estimate of drug-likeness (QED) is 0.166. The van der Waals surface area contributed by atoms with Crippen LogP contribution in [0.1, 0.15) is 0 Å². The van der Waals surface area contributed by atoms with Gasteiger partial charge in [-0.1, -0.05) is 164 Å². The lowest BCUT2D eigenvalue weighted by atomic mass is 9.95. The first-order valence-corrected chi connectivity index (χ1v) is 19.5. The highest BCUT2D eigenvalue weighted by Gasteiger charge is 2.14. The van der Waals surface area contributed by atoms with Gasteiger partial charge in [-0.05, 0) is 84.9 Å². The molecule has 0 spiro atoms. The monoisotopic (exact) mass is 716 g/mol. The second-order valence-electron chi connectivity index (χ2n) is 14.1. The molecule has 0 unspecified atom stereocenters. The van der Waals surface area contributed by atoms with E-state index >= 15 is 0 Å². The van der Waals surface area contributed by atoms with Crippen molar-refractivity contribution in [1.29, 1.82) is 0 Å². The molecule has 0 saturated heterocycles. The van der Waals surface area contributed by atoms with E-state index in [-0.39, 0.29) is 0 Å². The largest absolute Gasteiger partial charge is 0.236 e. The Morgan fingerprint density at radius 2 is 0.800 bits per heavy atom. The van der Waals surface area contributed by atoms with Crippen LogP contribution in [0.2, 0.25) is 0 Å². The van der Waals surface area contributed by atoms with Crippen LogP contribution in [0.3, 0.4) is 0 Å². The third-order valence-electron chi connectivity index (χ3n) is 10.9. The fourth-order valence-electron chi connectivity index (χ4n) is 8.21. The molecule has 256 valence electrons. The van der Waals surface area contributed by atoms with E-state index in [0.29, 0.717) is 0 Å². The SMILES string of the molecule is c1cc(-c2ccc(-c3cccc(-c4cccc5c4sc4ccccc45)c3)cc2)cc(-c2cccc(-c3ncc4c5ccccc5c5ccccc5c4n3)c2)c1. The minimum Gasteiger partial charge on any atom is -0.236 e. The molecule has 2 heterocycles. The molecular weight excluding hydrogens is 685 g/mol. The van der Waals surface area contributed by atoms with Crippen LogP contribution in [-0.2, 0) is 0 Å². The molecule has 9 aromatic carbocycles. The van der Waals surface area contributed by atoms with Gasteiger partial charge in [-0.25, -0.2) is 9.97 Å². The Labute approximate surface area is 322 Å². The number of aromatic nitrogens is 2. The number of hydrogen-bond acceptors (Lipinski definition) is 3. The van der Waals surface area contributed by atoms with E-state index < -0.39 is 0 Å². The summed E-state index contributed by atoms with van der Waals surface area (Å²) >= 11 is 1.88. The Balaban J connectivity index is 0.903. The highest BCUT2D eigenvalue weighted by atomic mass is 32.1. The Kier molecular flexibility index (Phi) is 7.39. The summed E-state index contributed by atoms with van der Waals surface area (Å²) in [6.45, 7) is 0. The van der Waals surface area contributed by atoms with Crippen LogP contribution in [0.25, 0.3) is 109 Å². The summed E-state index contributed by atoms with van der Waals surface area (Å²) in [5, 5.41) is 8.49. The van der Waals surface area contributed by atoms with Crippen molar-refractivity contribution >= 4 is 64.0 Å². The normalized spacial score (nSPS) is 11.6. The van der Waals surface area contributed by atoms with Gasteiger partial charge in [0.25, 0.3) is 0 Å². The summed E-state index contributed by atoms with van der Waals surface area (Å²) < 4.78 is 2.67. The molecule has 0 aliphatic rings. The van der Waals surface area contributed by atoms with Gasteiger partial charge in [-0.2, -0.15) is 0 Å². The van der Waals surface area contributed by atoms with E-state index in [1.165, 1.54) is 69.7 Å². The van der Waals surface area contributed by atoms with E-state index in [4.69, 9.17) is 9.97 Å². The first kappa shape index (κ1) is 31.6. The highest BCUT2D eigenvalue weighted by molar-refractivity contribution is 7.26. The lowest BCUT2D eigenvalue weighted by Crippen LogP contribution is -1.93. The van der Waals surface area contributed by atoms with Crippen LogP contribution in [0.15, 0.2) is 194 Å². The molecular formula is C52H32N2S. The molecule has 0 radical (unpaired) electrons. The number of benzene rings is 9. The second-order valence-corrected chi connectivity index (χ2v) is 15.2. The fourth-order valence-corrected chi connectivity index (χ4v) is 9.45. The maximum Gasteiger partial charge on any atom is 0.159 e. The van der Waals surface area contributed by atoms with Gasteiger partial charge < -0.3 is 0 Å². The Bertz CT molecular complexity index is 3230. The maximum absolute atomic E-state index is 5.19. The van der Waals surface area contributed by atoms with Crippen LogP contribution in [0, 0.1) is 0 Å². The molecule has 0 fully saturated rings. The summed E-state index contributed by atoms with van der Waals surface area (Å²) in [6, 6.07) is 67.7. The molecule has 0 saturated carbocycles. The molecule has 0 aliphatic carbocycles. The zero-order chi connectivity index (χ0) is 36.3. The molecule has 55 heavy (non-hydrogen) atoms. The number of hydrogen-bond donors (Lipinski definition) is 0. The van der Waals surface area contributed by atoms with Crippen LogP contribution in [0.4, 0.5) is 0 Å². The summed E-state index contributed by atoms with van der Waals surface area (Å²) in [5.74, 6) is 0.728. The molecule has 0 aliphatic heterocycles. The zero-order valence-electron chi connectivity index (χ0n) is 29.8. The second kappa shape index (κ2) is 12.9. The molecule has 0 bridgehead atoms. The summed E-state index contributed by atoms with van der Waals surface area (Å²) in [6.07, 6.45) is 1.99. The third-order valence-corrected chi connectivity index (χ3v) is 12.1. The van der Waals surface area contributed by atoms with Gasteiger partial charge in [0.1, 0.15) is 0 Å². The predicted octanol–water partition coefficient (Wildman–Crippen LogP) is 14.6. The molecule has 3 heteroatoms. The number of rotatable bonds is 5. The van der Waals surface area contributed by atoms with Crippen molar-refractivity contribution in [3.8, 4) is 55.9 Å². The molecule has 2 aromatic heterocycles. The zero-order valence-corrected chi connectivity index (χ0v) is 30.6. The van der Waals surface area contributed by atoms with Gasteiger partial charge in [-0.15, -0.1) is 11.3 Å². The van der Waals surface area contributed by atoms with Gasteiger partial charge >= 0.3 is 0 Å². The topological polar surface area (TPSA) is 25.8 Å². The molecule has 0 atom stereocenters. The van der Waals surface area contributed by atoms with Gasteiger partial charge in [-0.3, -0.25) is 0 Å².